The van der Waals surface area contributed by atoms with E-state index < -0.39 is 10.0 Å². The summed E-state index contributed by atoms with van der Waals surface area (Å²) in [4.78, 5) is 14.9. The largest absolute Gasteiger partial charge is 0.488 e. The Balaban J connectivity index is 2.00. The first kappa shape index (κ1) is 22.5. The Bertz CT molecular complexity index is 978. The number of thiophene rings is 1. The number of fused-ring (bicyclic) bond motifs is 1. The lowest BCUT2D eigenvalue weighted by atomic mass is 9.99. The smallest absolute Gasteiger partial charge is 0.271 e. The summed E-state index contributed by atoms with van der Waals surface area (Å²) in [5, 5.41) is 14.4. The van der Waals surface area contributed by atoms with Crippen LogP contribution in [0.15, 0.2) is 39.9 Å². The van der Waals surface area contributed by atoms with E-state index in [-0.39, 0.29) is 46.0 Å². The van der Waals surface area contributed by atoms with Crippen molar-refractivity contribution in [1.29, 1.82) is 0 Å². The molecule has 2 heterocycles. The minimum absolute atomic E-state index is 0.0283. The number of amides is 1. The van der Waals surface area contributed by atoms with Gasteiger partial charge in [0.15, 0.2) is 0 Å². The first-order valence-electron chi connectivity index (χ1n) is 9.70. The summed E-state index contributed by atoms with van der Waals surface area (Å²) in [7, 11) is -1.91. The fraction of sp³-hybridized carbons (Fsp3) is 0.450. The minimum atomic E-state index is -3.74. The highest BCUT2D eigenvalue weighted by Gasteiger charge is 2.33. The zero-order valence-electron chi connectivity index (χ0n) is 17.2. The Hall–Kier alpha value is -2.14. The van der Waals surface area contributed by atoms with E-state index in [9.17, 15) is 18.3 Å². The second-order valence-corrected chi connectivity index (χ2v) is 10.3. The lowest BCUT2D eigenvalue weighted by molar-refractivity contribution is 0.0416. The fourth-order valence-corrected chi connectivity index (χ4v) is 5.39. The summed E-state index contributed by atoms with van der Waals surface area (Å²) in [5.41, 5.74) is 0.532. The van der Waals surface area contributed by atoms with Gasteiger partial charge in [0.05, 0.1) is 18.2 Å². The second-order valence-electron chi connectivity index (χ2n) is 7.43. The van der Waals surface area contributed by atoms with Crippen molar-refractivity contribution >= 4 is 33.0 Å². The van der Waals surface area contributed by atoms with Crippen molar-refractivity contribution in [3.8, 4) is 5.75 Å². The second kappa shape index (κ2) is 9.34. The van der Waals surface area contributed by atoms with E-state index in [2.05, 4.69) is 10.0 Å². The third-order valence-corrected chi connectivity index (χ3v) is 7.86. The Morgan fingerprint density at radius 1 is 1.37 bits per heavy atom. The summed E-state index contributed by atoms with van der Waals surface area (Å²) in [5.74, 6) is 0.111. The predicted molar refractivity (Wildman–Crippen MR) is 117 cm³/mol. The van der Waals surface area contributed by atoms with Crippen LogP contribution in [0.25, 0.3) is 0 Å². The highest BCUT2D eigenvalue weighted by atomic mass is 32.2. The Labute approximate surface area is 180 Å². The zero-order chi connectivity index (χ0) is 21.9. The van der Waals surface area contributed by atoms with E-state index >= 15 is 0 Å². The van der Waals surface area contributed by atoms with Gasteiger partial charge in [0, 0.05) is 24.7 Å². The van der Waals surface area contributed by atoms with E-state index in [1.54, 1.807) is 35.4 Å². The van der Waals surface area contributed by atoms with Gasteiger partial charge in [-0.1, -0.05) is 13.0 Å². The molecule has 0 unspecified atom stereocenters. The molecule has 0 fully saturated rings. The number of ether oxygens (including phenoxy) is 1. The van der Waals surface area contributed by atoms with Gasteiger partial charge >= 0.3 is 0 Å². The van der Waals surface area contributed by atoms with Crippen LogP contribution < -0.4 is 14.8 Å². The van der Waals surface area contributed by atoms with Gasteiger partial charge in [0.2, 0.25) is 0 Å². The van der Waals surface area contributed by atoms with Crippen molar-refractivity contribution in [1.82, 2.24) is 10.2 Å². The summed E-state index contributed by atoms with van der Waals surface area (Å²) < 4.78 is 34.0. The molecule has 164 valence electrons. The molecule has 1 aromatic carbocycles. The third-order valence-electron chi connectivity index (χ3n) is 5.08. The molecular weight excluding hydrogens is 426 g/mol. The summed E-state index contributed by atoms with van der Waals surface area (Å²) in [6.07, 6.45) is -0.191. The lowest BCUT2D eigenvalue weighted by Crippen LogP contribution is -2.49. The molecule has 1 aliphatic heterocycles. The van der Waals surface area contributed by atoms with E-state index in [0.29, 0.717) is 18.8 Å². The maximum absolute atomic E-state index is 13.3. The summed E-state index contributed by atoms with van der Waals surface area (Å²) >= 11 is 1.11. The minimum Gasteiger partial charge on any atom is -0.488 e. The molecule has 0 radical (unpaired) electrons. The number of aliphatic hydroxyl groups is 1. The molecule has 3 N–H and O–H groups in total. The number of benzene rings is 1. The van der Waals surface area contributed by atoms with Crippen LogP contribution in [-0.2, 0) is 10.0 Å². The molecule has 8 nitrogen and oxygen atoms in total. The number of hydrogen-bond acceptors (Lipinski definition) is 7. The Morgan fingerprint density at radius 3 is 2.77 bits per heavy atom. The molecule has 1 aliphatic rings. The van der Waals surface area contributed by atoms with E-state index in [0.717, 1.165) is 11.3 Å². The average molecular weight is 454 g/mol. The Kier molecular flexibility index (Phi) is 7.02. The maximum Gasteiger partial charge on any atom is 0.271 e. The van der Waals surface area contributed by atoms with Crippen molar-refractivity contribution < 1.29 is 23.1 Å². The fourth-order valence-electron chi connectivity index (χ4n) is 3.35. The first-order valence-corrected chi connectivity index (χ1v) is 12.1. The topological polar surface area (TPSA) is 108 Å². The van der Waals surface area contributed by atoms with Crippen molar-refractivity contribution in [2.24, 2.45) is 5.92 Å². The quantitative estimate of drug-likeness (QED) is 0.592. The third kappa shape index (κ3) is 4.77. The SMILES string of the molecule is CNC[C@H]1Oc2ccc(NS(=O)(=O)c3cccs3)cc2C(=O)N([C@H](C)CO)C[C@H]1C. The van der Waals surface area contributed by atoms with E-state index in [4.69, 9.17) is 4.74 Å². The number of sulfonamides is 1. The Morgan fingerprint density at radius 2 is 2.13 bits per heavy atom. The number of carbonyl (C=O) groups is 1. The van der Waals surface area contributed by atoms with Gasteiger partial charge in [-0.15, -0.1) is 11.3 Å². The zero-order valence-corrected chi connectivity index (χ0v) is 18.8. The highest BCUT2D eigenvalue weighted by molar-refractivity contribution is 7.94. The summed E-state index contributed by atoms with van der Waals surface area (Å²) in [6, 6.07) is 7.48. The van der Waals surface area contributed by atoms with Crippen LogP contribution in [0, 0.1) is 5.92 Å². The first-order chi connectivity index (χ1) is 14.3. The van der Waals surface area contributed by atoms with Gasteiger partial charge in [-0.3, -0.25) is 9.52 Å². The number of anilines is 1. The van der Waals surface area contributed by atoms with Crippen LogP contribution in [0.5, 0.6) is 5.75 Å². The lowest BCUT2D eigenvalue weighted by Gasteiger charge is -2.37. The van der Waals surface area contributed by atoms with Crippen molar-refractivity contribution in [2.45, 2.75) is 30.2 Å². The summed E-state index contributed by atoms with van der Waals surface area (Å²) in [6.45, 7) is 4.61. The molecule has 2 aromatic rings. The molecule has 3 atom stereocenters. The van der Waals surface area contributed by atoms with Gasteiger partial charge in [-0.2, -0.15) is 0 Å². The van der Waals surface area contributed by atoms with Crippen molar-refractivity contribution in [3.05, 3.63) is 41.3 Å². The number of carbonyl (C=O) groups excluding carboxylic acids is 1. The van der Waals surface area contributed by atoms with Crippen molar-refractivity contribution in [3.63, 3.8) is 0 Å². The van der Waals surface area contributed by atoms with Crippen LogP contribution in [-0.4, -0.2) is 63.2 Å². The molecule has 0 bridgehead atoms. The van der Waals surface area contributed by atoms with Crippen molar-refractivity contribution in [2.75, 3.05) is 31.5 Å². The highest BCUT2D eigenvalue weighted by Crippen LogP contribution is 2.31. The standard InChI is InChI=1S/C20H27N3O5S2/c1-13-11-23(14(2)12-24)20(25)16-9-15(6-7-17(16)28-18(13)10-21-3)22-30(26,27)19-5-4-8-29-19/h4-9,13-14,18,21-22,24H,10-12H2,1-3H3/t13-,14-,18-/m1/s1. The number of likely N-dealkylation sites (N-methyl/N-ethyl adjacent to an activating group) is 1. The van der Waals surface area contributed by atoms with Crippen LogP contribution in [0.1, 0.15) is 24.2 Å². The molecule has 0 spiro atoms. The molecule has 10 heteroatoms. The van der Waals surface area contributed by atoms with Gasteiger partial charge in [0.25, 0.3) is 15.9 Å². The average Bonchev–Trinajstić information content (AvgIpc) is 3.26. The number of hydrogen-bond donors (Lipinski definition) is 3. The van der Waals surface area contributed by atoms with Crippen LogP contribution in [0.3, 0.4) is 0 Å². The molecule has 0 saturated heterocycles. The molecule has 3 rings (SSSR count). The monoisotopic (exact) mass is 453 g/mol. The van der Waals surface area contributed by atoms with Gasteiger partial charge in [-0.05, 0) is 43.6 Å². The maximum atomic E-state index is 13.3. The number of rotatable bonds is 7. The molecule has 30 heavy (non-hydrogen) atoms. The number of aliphatic hydroxyl groups excluding tert-OH is 1. The normalized spacial score (nSPS) is 20.7. The van der Waals surface area contributed by atoms with Gasteiger partial charge in [0.1, 0.15) is 16.1 Å². The van der Waals surface area contributed by atoms with E-state index in [1.807, 2.05) is 14.0 Å². The van der Waals surface area contributed by atoms with Crippen LogP contribution in [0.4, 0.5) is 5.69 Å². The molecule has 1 amide bonds. The number of nitrogens with zero attached hydrogens (tertiary/aromatic N) is 1. The molecular formula is C20H27N3O5S2. The molecule has 0 aliphatic carbocycles. The predicted octanol–water partition coefficient (Wildman–Crippen LogP) is 1.99. The van der Waals surface area contributed by atoms with Gasteiger partial charge < -0.3 is 20.1 Å². The van der Waals surface area contributed by atoms with Crippen LogP contribution in [0.2, 0.25) is 0 Å². The molecule has 1 aromatic heterocycles. The number of nitrogens with one attached hydrogen (secondary N) is 2. The van der Waals surface area contributed by atoms with Crippen LogP contribution >= 0.6 is 11.3 Å². The van der Waals surface area contributed by atoms with Gasteiger partial charge in [-0.25, -0.2) is 8.42 Å². The molecule has 0 saturated carbocycles. The van der Waals surface area contributed by atoms with E-state index in [1.165, 1.54) is 12.1 Å².